The summed E-state index contributed by atoms with van der Waals surface area (Å²) in [5, 5.41) is -0.124. The molecule has 31 heavy (non-hydrogen) atoms. The van der Waals surface area contributed by atoms with Gasteiger partial charge in [-0.3, -0.25) is 14.4 Å². The molecule has 0 bridgehead atoms. The molecule has 1 aliphatic rings. The maximum Gasteiger partial charge on any atom is 0.326 e. The third-order valence-corrected chi connectivity index (χ3v) is 10.7. The van der Waals surface area contributed by atoms with Crippen LogP contribution in [0.1, 0.15) is 47.5 Å². The van der Waals surface area contributed by atoms with Crippen LogP contribution in [-0.4, -0.2) is 63.0 Å². The maximum absolute atomic E-state index is 13.3. The van der Waals surface area contributed by atoms with Gasteiger partial charge in [-0.25, -0.2) is 0 Å². The van der Waals surface area contributed by atoms with Crippen molar-refractivity contribution >= 4 is 26.2 Å². The molecule has 1 rings (SSSR count). The Labute approximate surface area is 187 Å². The number of allylic oxidation sites excluding steroid dienone is 1. The molecule has 0 saturated carbocycles. The topological polar surface area (TPSA) is 82.1 Å². The minimum absolute atomic E-state index is 0.0341. The molecule has 0 unspecified atom stereocenters. The predicted octanol–water partition coefficient (Wildman–Crippen LogP) is 3.85. The third kappa shape index (κ3) is 5.47. The van der Waals surface area contributed by atoms with Gasteiger partial charge < -0.3 is 18.8 Å². The molecule has 0 aromatic carbocycles. The molecule has 0 aromatic rings. The molecular formula is C23H39NO6Si. The van der Waals surface area contributed by atoms with Crippen LogP contribution in [0.15, 0.2) is 25.3 Å². The van der Waals surface area contributed by atoms with Crippen molar-refractivity contribution in [2.45, 2.75) is 77.7 Å². The molecular weight excluding hydrogens is 414 g/mol. The van der Waals surface area contributed by atoms with Crippen molar-refractivity contribution in [2.75, 3.05) is 19.8 Å². The standard InChI is InChI=1S/C23H39NO6Si/c1-10-14-23(20(26)28-12-3,21(27)29-13-4)19-17(16-18(25)24(19)15-11-2)30-31(8,9)22(5,6)7/h10-11,17,19H,1-2,12-16H2,3-9H3/t17-,19-/m0/s1. The number of nitrogens with zero attached hydrogens (tertiary/aromatic N) is 1. The zero-order chi connectivity index (χ0) is 24.0. The van der Waals surface area contributed by atoms with Crippen molar-refractivity contribution < 1.29 is 28.3 Å². The summed E-state index contributed by atoms with van der Waals surface area (Å²) in [6, 6.07) is -0.886. The number of esters is 2. The van der Waals surface area contributed by atoms with Gasteiger partial charge in [0.15, 0.2) is 13.7 Å². The first-order valence-electron chi connectivity index (χ1n) is 10.9. The lowest BCUT2D eigenvalue weighted by molar-refractivity contribution is -0.179. The Hall–Kier alpha value is -1.93. The maximum atomic E-state index is 13.3. The second-order valence-electron chi connectivity index (χ2n) is 9.31. The van der Waals surface area contributed by atoms with Gasteiger partial charge in [-0.05, 0) is 38.4 Å². The van der Waals surface area contributed by atoms with Crippen molar-refractivity contribution in [3.05, 3.63) is 25.3 Å². The lowest BCUT2D eigenvalue weighted by atomic mass is 9.74. The van der Waals surface area contributed by atoms with E-state index in [2.05, 4.69) is 47.0 Å². The first-order valence-corrected chi connectivity index (χ1v) is 13.8. The molecule has 2 atom stereocenters. The monoisotopic (exact) mass is 453 g/mol. The van der Waals surface area contributed by atoms with Gasteiger partial charge in [0.2, 0.25) is 5.91 Å². The molecule has 7 nitrogen and oxygen atoms in total. The molecule has 1 fully saturated rings. The highest BCUT2D eigenvalue weighted by molar-refractivity contribution is 6.74. The number of hydrogen-bond donors (Lipinski definition) is 0. The summed E-state index contributed by atoms with van der Waals surface area (Å²) in [5.74, 6) is -1.66. The van der Waals surface area contributed by atoms with E-state index < -0.39 is 37.8 Å². The largest absolute Gasteiger partial charge is 0.465 e. The van der Waals surface area contributed by atoms with Crippen LogP contribution in [0.3, 0.4) is 0 Å². The quantitative estimate of drug-likeness (QED) is 0.205. The van der Waals surface area contributed by atoms with E-state index in [1.165, 1.54) is 11.0 Å². The Balaban J connectivity index is 3.72. The summed E-state index contributed by atoms with van der Waals surface area (Å²) in [5.41, 5.74) is -1.77. The van der Waals surface area contributed by atoms with Gasteiger partial charge in [-0.1, -0.05) is 32.9 Å². The van der Waals surface area contributed by atoms with Crippen molar-refractivity contribution in [3.8, 4) is 0 Å². The number of carbonyl (C=O) groups is 3. The molecule has 0 spiro atoms. The zero-order valence-corrected chi connectivity index (χ0v) is 21.2. The first-order chi connectivity index (χ1) is 14.3. The Morgan fingerprint density at radius 1 is 1.10 bits per heavy atom. The van der Waals surface area contributed by atoms with Crippen molar-refractivity contribution in [3.63, 3.8) is 0 Å². The Morgan fingerprint density at radius 2 is 1.61 bits per heavy atom. The van der Waals surface area contributed by atoms with Crippen LogP contribution < -0.4 is 0 Å². The number of hydrogen-bond acceptors (Lipinski definition) is 6. The fraction of sp³-hybridized carbons (Fsp3) is 0.696. The summed E-state index contributed by atoms with van der Waals surface area (Å²) >= 11 is 0. The third-order valence-electron chi connectivity index (χ3n) is 6.21. The van der Waals surface area contributed by atoms with Crippen LogP contribution in [0.2, 0.25) is 18.1 Å². The summed E-state index contributed by atoms with van der Waals surface area (Å²) in [7, 11) is -2.34. The SMILES string of the molecule is C=CCN1C(=O)C[C@H](O[Si](C)(C)C(C)(C)C)[C@H]1C(CC=C)(C(=O)OCC)C(=O)OCC. The van der Waals surface area contributed by atoms with Gasteiger partial charge in [0.1, 0.15) is 0 Å². The molecule has 8 heteroatoms. The first kappa shape index (κ1) is 27.1. The van der Waals surface area contributed by atoms with E-state index in [0.29, 0.717) is 0 Å². The average molecular weight is 454 g/mol. The van der Waals surface area contributed by atoms with Gasteiger partial charge >= 0.3 is 11.9 Å². The summed E-state index contributed by atoms with van der Waals surface area (Å²) in [6.45, 7) is 21.7. The van der Waals surface area contributed by atoms with Crippen LogP contribution in [0.25, 0.3) is 0 Å². The van der Waals surface area contributed by atoms with Gasteiger partial charge in [-0.15, -0.1) is 13.2 Å². The molecule has 0 aromatic heterocycles. The number of ether oxygens (including phenoxy) is 2. The number of carbonyl (C=O) groups excluding carboxylic acids is 3. The number of likely N-dealkylation sites (tertiary alicyclic amines) is 1. The van der Waals surface area contributed by atoms with Crippen LogP contribution in [0.5, 0.6) is 0 Å². The van der Waals surface area contributed by atoms with Gasteiger partial charge in [-0.2, -0.15) is 0 Å². The lowest BCUT2D eigenvalue weighted by Gasteiger charge is -2.44. The number of amides is 1. The number of rotatable bonds is 11. The van der Waals surface area contributed by atoms with Crippen molar-refractivity contribution in [2.24, 2.45) is 5.41 Å². The zero-order valence-electron chi connectivity index (χ0n) is 20.2. The molecule has 0 radical (unpaired) electrons. The van der Waals surface area contributed by atoms with Crippen LogP contribution >= 0.6 is 0 Å². The van der Waals surface area contributed by atoms with E-state index in [9.17, 15) is 14.4 Å². The fourth-order valence-corrected chi connectivity index (χ4v) is 5.04. The molecule has 1 saturated heterocycles. The molecule has 1 amide bonds. The Morgan fingerprint density at radius 3 is 2.00 bits per heavy atom. The normalized spacial score (nSPS) is 19.8. The highest BCUT2D eigenvalue weighted by Gasteiger charge is 2.63. The Kier molecular flexibility index (Phi) is 9.26. The predicted molar refractivity (Wildman–Crippen MR) is 123 cm³/mol. The van der Waals surface area contributed by atoms with E-state index in [1.807, 2.05) is 0 Å². The molecule has 1 aliphatic heterocycles. The van der Waals surface area contributed by atoms with E-state index in [1.54, 1.807) is 19.9 Å². The van der Waals surface area contributed by atoms with E-state index >= 15 is 0 Å². The lowest BCUT2D eigenvalue weighted by Crippen LogP contribution is -2.61. The van der Waals surface area contributed by atoms with Gasteiger partial charge in [0.05, 0.1) is 31.8 Å². The van der Waals surface area contributed by atoms with Crippen LogP contribution in [0, 0.1) is 5.41 Å². The highest BCUT2D eigenvalue weighted by atomic mass is 28.4. The fourth-order valence-electron chi connectivity index (χ4n) is 3.72. The summed E-state index contributed by atoms with van der Waals surface area (Å²) in [6.07, 6.45) is 2.44. The summed E-state index contributed by atoms with van der Waals surface area (Å²) in [4.78, 5) is 41.2. The van der Waals surface area contributed by atoms with Gasteiger partial charge in [0, 0.05) is 6.54 Å². The Bertz CT molecular complexity index is 679. The molecule has 176 valence electrons. The van der Waals surface area contributed by atoms with Crippen LogP contribution in [0.4, 0.5) is 0 Å². The minimum atomic E-state index is -2.34. The van der Waals surface area contributed by atoms with E-state index in [4.69, 9.17) is 13.9 Å². The second kappa shape index (κ2) is 10.6. The van der Waals surface area contributed by atoms with E-state index in [0.717, 1.165) is 0 Å². The average Bonchev–Trinajstić information content (AvgIpc) is 2.94. The smallest absolute Gasteiger partial charge is 0.326 e. The highest BCUT2D eigenvalue weighted by Crippen LogP contribution is 2.45. The molecule has 0 aliphatic carbocycles. The van der Waals surface area contributed by atoms with Crippen molar-refractivity contribution in [1.29, 1.82) is 0 Å². The van der Waals surface area contributed by atoms with Gasteiger partial charge in [0.25, 0.3) is 0 Å². The van der Waals surface area contributed by atoms with E-state index in [-0.39, 0.29) is 43.5 Å². The van der Waals surface area contributed by atoms with Crippen LogP contribution in [-0.2, 0) is 28.3 Å². The second-order valence-corrected chi connectivity index (χ2v) is 14.1. The minimum Gasteiger partial charge on any atom is -0.465 e. The molecule has 0 N–H and O–H groups in total. The van der Waals surface area contributed by atoms with Crippen molar-refractivity contribution in [1.82, 2.24) is 4.90 Å². The molecule has 1 heterocycles. The summed E-state index contributed by atoms with van der Waals surface area (Å²) < 4.78 is 17.3.